The SMILES string of the molecule is O=C(Nc1ccc(Cl)c(C(F)(F)F)c1)N1C[C@@H]2COCC[C@]2(CO)C1. The Morgan fingerprint density at radius 1 is 1.48 bits per heavy atom. The average molecular weight is 379 g/mol. The van der Waals surface area contributed by atoms with Gasteiger partial charge in [-0.2, -0.15) is 13.2 Å². The van der Waals surface area contributed by atoms with E-state index in [2.05, 4.69) is 5.32 Å². The van der Waals surface area contributed by atoms with Crippen molar-refractivity contribution in [3.05, 3.63) is 28.8 Å². The van der Waals surface area contributed by atoms with Gasteiger partial charge in [0.2, 0.25) is 0 Å². The number of benzene rings is 1. The van der Waals surface area contributed by atoms with Crippen molar-refractivity contribution >= 4 is 23.3 Å². The molecule has 3 rings (SSSR count). The highest BCUT2D eigenvalue weighted by Gasteiger charge is 2.49. The zero-order chi connectivity index (χ0) is 18.2. The number of halogens is 4. The highest BCUT2D eigenvalue weighted by atomic mass is 35.5. The van der Waals surface area contributed by atoms with Crippen LogP contribution in [0.15, 0.2) is 18.2 Å². The Morgan fingerprint density at radius 2 is 2.24 bits per heavy atom. The minimum Gasteiger partial charge on any atom is -0.396 e. The molecule has 2 saturated heterocycles. The Kier molecular flexibility index (Phi) is 4.87. The average Bonchev–Trinajstić information content (AvgIpc) is 2.96. The molecular weight excluding hydrogens is 361 g/mol. The first-order chi connectivity index (χ1) is 11.7. The van der Waals surface area contributed by atoms with Crippen molar-refractivity contribution in [3.8, 4) is 0 Å². The maximum atomic E-state index is 12.9. The predicted octanol–water partition coefficient (Wildman–Crippen LogP) is 3.22. The molecular formula is C16H18ClF3N2O3. The smallest absolute Gasteiger partial charge is 0.396 e. The van der Waals surface area contributed by atoms with Gasteiger partial charge in [0, 0.05) is 36.7 Å². The zero-order valence-corrected chi connectivity index (χ0v) is 14.0. The zero-order valence-electron chi connectivity index (χ0n) is 13.3. The molecule has 2 amide bonds. The van der Waals surface area contributed by atoms with Crippen molar-refractivity contribution in [1.82, 2.24) is 4.90 Å². The van der Waals surface area contributed by atoms with Crippen LogP contribution in [0.5, 0.6) is 0 Å². The van der Waals surface area contributed by atoms with E-state index in [1.165, 1.54) is 11.0 Å². The molecule has 9 heteroatoms. The van der Waals surface area contributed by atoms with E-state index in [1.54, 1.807) is 0 Å². The Bertz CT molecular complexity index is 671. The highest BCUT2D eigenvalue weighted by Crippen LogP contribution is 2.42. The van der Waals surface area contributed by atoms with Crippen LogP contribution in [0, 0.1) is 11.3 Å². The number of rotatable bonds is 2. The van der Waals surface area contributed by atoms with Gasteiger partial charge in [0.15, 0.2) is 0 Å². The van der Waals surface area contributed by atoms with Crippen LogP contribution in [0.3, 0.4) is 0 Å². The van der Waals surface area contributed by atoms with Crippen molar-refractivity contribution in [1.29, 1.82) is 0 Å². The van der Waals surface area contributed by atoms with Crippen LogP contribution in [-0.4, -0.2) is 48.9 Å². The highest BCUT2D eigenvalue weighted by molar-refractivity contribution is 6.31. The molecule has 0 aromatic heterocycles. The lowest BCUT2D eigenvalue weighted by molar-refractivity contribution is -0.137. The van der Waals surface area contributed by atoms with Gasteiger partial charge in [-0.3, -0.25) is 0 Å². The Hall–Kier alpha value is -1.51. The van der Waals surface area contributed by atoms with Gasteiger partial charge in [-0.1, -0.05) is 11.6 Å². The van der Waals surface area contributed by atoms with E-state index >= 15 is 0 Å². The van der Waals surface area contributed by atoms with Crippen LogP contribution in [0.1, 0.15) is 12.0 Å². The number of nitrogens with one attached hydrogen (secondary N) is 1. The maximum absolute atomic E-state index is 12.9. The molecule has 0 aliphatic carbocycles. The lowest BCUT2D eigenvalue weighted by Crippen LogP contribution is -2.41. The third kappa shape index (κ3) is 3.56. The van der Waals surface area contributed by atoms with Crippen LogP contribution in [0.2, 0.25) is 5.02 Å². The lowest BCUT2D eigenvalue weighted by atomic mass is 9.75. The van der Waals surface area contributed by atoms with Crippen LogP contribution < -0.4 is 5.32 Å². The van der Waals surface area contributed by atoms with E-state index in [0.29, 0.717) is 32.7 Å². The van der Waals surface area contributed by atoms with Crippen LogP contribution in [0.25, 0.3) is 0 Å². The van der Waals surface area contributed by atoms with Crippen LogP contribution in [-0.2, 0) is 10.9 Å². The molecule has 1 aromatic carbocycles. The van der Waals surface area contributed by atoms with Gasteiger partial charge in [0.05, 0.1) is 23.8 Å². The van der Waals surface area contributed by atoms with E-state index in [4.69, 9.17) is 16.3 Å². The van der Waals surface area contributed by atoms with Crippen molar-refractivity contribution in [2.24, 2.45) is 11.3 Å². The van der Waals surface area contributed by atoms with Crippen molar-refractivity contribution in [2.75, 3.05) is 38.2 Å². The summed E-state index contributed by atoms with van der Waals surface area (Å²) in [6.45, 7) is 1.68. The maximum Gasteiger partial charge on any atom is 0.417 e. The fraction of sp³-hybridized carbons (Fsp3) is 0.562. The first-order valence-electron chi connectivity index (χ1n) is 7.86. The second-order valence-electron chi connectivity index (χ2n) is 6.55. The van der Waals surface area contributed by atoms with E-state index in [1.807, 2.05) is 0 Å². The fourth-order valence-electron chi connectivity index (χ4n) is 3.48. The van der Waals surface area contributed by atoms with Crippen molar-refractivity contribution in [3.63, 3.8) is 0 Å². The van der Waals surface area contributed by atoms with E-state index in [-0.39, 0.29) is 18.2 Å². The largest absolute Gasteiger partial charge is 0.417 e. The van der Waals surface area contributed by atoms with Gasteiger partial charge in [-0.05, 0) is 24.6 Å². The number of likely N-dealkylation sites (tertiary alicyclic amines) is 1. The van der Waals surface area contributed by atoms with Crippen LogP contribution in [0.4, 0.5) is 23.7 Å². The van der Waals surface area contributed by atoms with Gasteiger partial charge in [0.1, 0.15) is 0 Å². The molecule has 0 saturated carbocycles. The number of anilines is 1. The quantitative estimate of drug-likeness (QED) is 0.830. The second-order valence-corrected chi connectivity index (χ2v) is 6.95. The topological polar surface area (TPSA) is 61.8 Å². The summed E-state index contributed by atoms with van der Waals surface area (Å²) in [5.41, 5.74) is -1.37. The molecule has 2 N–H and O–H groups in total. The number of hydrogen-bond acceptors (Lipinski definition) is 3. The minimum atomic E-state index is -4.60. The summed E-state index contributed by atoms with van der Waals surface area (Å²) in [4.78, 5) is 14.0. The summed E-state index contributed by atoms with van der Waals surface area (Å²) >= 11 is 5.58. The Morgan fingerprint density at radius 3 is 2.88 bits per heavy atom. The third-order valence-electron chi connectivity index (χ3n) is 5.00. The van der Waals surface area contributed by atoms with Gasteiger partial charge in [0.25, 0.3) is 0 Å². The summed E-state index contributed by atoms with van der Waals surface area (Å²) in [6.07, 6.45) is -3.95. The molecule has 2 aliphatic heterocycles. The predicted molar refractivity (Wildman–Crippen MR) is 85.5 cm³/mol. The molecule has 2 aliphatic rings. The lowest BCUT2D eigenvalue weighted by Gasteiger charge is -2.36. The molecule has 0 radical (unpaired) electrons. The summed E-state index contributed by atoms with van der Waals surface area (Å²) in [6, 6.07) is 2.74. The number of ether oxygens (including phenoxy) is 1. The third-order valence-corrected chi connectivity index (χ3v) is 5.33. The monoisotopic (exact) mass is 378 g/mol. The van der Waals surface area contributed by atoms with Gasteiger partial charge < -0.3 is 20.1 Å². The number of alkyl halides is 3. The number of carbonyl (C=O) groups is 1. The standard InChI is InChI=1S/C16H18ClF3N2O3/c17-13-2-1-11(5-12(13)16(18,19)20)21-14(24)22-6-10-7-25-4-3-15(10,8-22)9-23/h1-2,5,10,23H,3-4,6-9H2,(H,21,24)/t10-,15-/m1/s1. The number of aliphatic hydroxyl groups is 1. The molecule has 5 nitrogen and oxygen atoms in total. The first kappa shape index (κ1) is 18.3. The van der Waals surface area contributed by atoms with Crippen LogP contribution >= 0.6 is 11.6 Å². The minimum absolute atomic E-state index is 0.0193. The number of nitrogens with zero attached hydrogens (tertiary/aromatic N) is 1. The van der Waals surface area contributed by atoms with E-state index in [0.717, 1.165) is 12.1 Å². The Balaban J connectivity index is 1.73. The number of hydrogen-bond donors (Lipinski definition) is 2. The van der Waals surface area contributed by atoms with Gasteiger partial charge in [-0.15, -0.1) is 0 Å². The summed E-state index contributed by atoms with van der Waals surface area (Å²) in [7, 11) is 0. The molecule has 138 valence electrons. The molecule has 2 heterocycles. The molecule has 0 spiro atoms. The van der Waals surface area contributed by atoms with E-state index < -0.39 is 28.2 Å². The normalized spacial score (nSPS) is 26.4. The molecule has 0 unspecified atom stereocenters. The van der Waals surface area contributed by atoms with Crippen molar-refractivity contribution in [2.45, 2.75) is 12.6 Å². The number of aliphatic hydroxyl groups excluding tert-OH is 1. The molecule has 1 aromatic rings. The van der Waals surface area contributed by atoms with Gasteiger partial charge >= 0.3 is 12.2 Å². The number of amides is 2. The van der Waals surface area contributed by atoms with Crippen molar-refractivity contribution < 1.29 is 27.8 Å². The molecule has 2 fully saturated rings. The Labute approximate surface area is 147 Å². The fourth-order valence-corrected chi connectivity index (χ4v) is 3.71. The number of fused-ring (bicyclic) bond motifs is 1. The van der Waals surface area contributed by atoms with E-state index in [9.17, 15) is 23.1 Å². The molecule has 2 atom stereocenters. The number of carbonyl (C=O) groups excluding carboxylic acids is 1. The second kappa shape index (κ2) is 6.66. The molecule has 0 bridgehead atoms. The summed E-state index contributed by atoms with van der Waals surface area (Å²) in [5, 5.41) is 11.8. The number of urea groups is 1. The summed E-state index contributed by atoms with van der Waals surface area (Å²) < 4.78 is 44.2. The summed E-state index contributed by atoms with van der Waals surface area (Å²) in [5.74, 6) is 0.0213. The van der Waals surface area contributed by atoms with Gasteiger partial charge in [-0.25, -0.2) is 4.79 Å². The first-order valence-corrected chi connectivity index (χ1v) is 8.24. The molecule has 25 heavy (non-hydrogen) atoms.